The summed E-state index contributed by atoms with van der Waals surface area (Å²) in [6, 6.07) is 13.6. The first-order chi connectivity index (χ1) is 16.6. The van der Waals surface area contributed by atoms with E-state index in [1.165, 1.54) is 10.4 Å². The molecular formula is C26H30N4O4S. The monoisotopic (exact) mass is 494 g/mol. The fraction of sp³-hybridized carbons (Fsp3) is 0.346. The lowest BCUT2D eigenvalue weighted by Gasteiger charge is -2.26. The molecule has 1 amide bonds. The highest BCUT2D eigenvalue weighted by Crippen LogP contribution is 2.27. The van der Waals surface area contributed by atoms with Gasteiger partial charge in [-0.3, -0.25) is 9.59 Å². The molecule has 0 radical (unpaired) electrons. The molecule has 0 saturated carbocycles. The highest BCUT2D eigenvalue weighted by Gasteiger charge is 2.27. The fourth-order valence-electron chi connectivity index (χ4n) is 4.15. The Morgan fingerprint density at radius 1 is 0.914 bits per heavy atom. The van der Waals surface area contributed by atoms with Gasteiger partial charge in [-0.25, -0.2) is 13.1 Å². The molecule has 2 heterocycles. The predicted octanol–water partition coefficient (Wildman–Crippen LogP) is 3.65. The summed E-state index contributed by atoms with van der Waals surface area (Å²) in [4.78, 5) is 25.2. The number of aromatic nitrogens is 2. The normalized spacial score (nSPS) is 14.6. The molecule has 3 aromatic rings. The summed E-state index contributed by atoms with van der Waals surface area (Å²) in [7, 11) is -3.63. The summed E-state index contributed by atoms with van der Waals surface area (Å²) in [5.41, 5.74) is 4.03. The maximum absolute atomic E-state index is 13.3. The van der Waals surface area contributed by atoms with Gasteiger partial charge in [-0.1, -0.05) is 24.6 Å². The molecule has 1 aliphatic heterocycles. The Morgan fingerprint density at radius 2 is 1.63 bits per heavy atom. The van der Waals surface area contributed by atoms with Gasteiger partial charge in [0.15, 0.2) is 0 Å². The molecule has 0 bridgehead atoms. The molecule has 1 fully saturated rings. The van der Waals surface area contributed by atoms with Crippen LogP contribution >= 0.6 is 0 Å². The molecule has 0 aliphatic carbocycles. The zero-order valence-electron chi connectivity index (χ0n) is 20.2. The van der Waals surface area contributed by atoms with Crippen molar-refractivity contribution >= 4 is 21.6 Å². The number of hydrogen-bond acceptors (Lipinski definition) is 5. The second-order valence-corrected chi connectivity index (χ2v) is 10.9. The van der Waals surface area contributed by atoms with E-state index in [-0.39, 0.29) is 17.3 Å². The number of nitrogens with zero attached hydrogens (tertiary/aromatic N) is 3. The molecule has 8 nitrogen and oxygen atoms in total. The smallest absolute Gasteiger partial charge is 0.267 e. The lowest BCUT2D eigenvalue weighted by molar-refractivity contribution is -0.117. The minimum atomic E-state index is -3.63. The van der Waals surface area contributed by atoms with Crippen molar-refractivity contribution in [3.63, 3.8) is 0 Å². The molecule has 2 aromatic carbocycles. The fourth-order valence-corrected chi connectivity index (χ4v) is 5.92. The van der Waals surface area contributed by atoms with Crippen LogP contribution in [0.4, 0.5) is 5.69 Å². The van der Waals surface area contributed by atoms with Gasteiger partial charge in [0.05, 0.1) is 10.6 Å². The first-order valence-corrected chi connectivity index (χ1v) is 13.2. The number of aryl methyl sites for hydroxylation is 3. The van der Waals surface area contributed by atoms with Crippen molar-refractivity contribution in [1.29, 1.82) is 0 Å². The highest BCUT2D eigenvalue weighted by atomic mass is 32.2. The van der Waals surface area contributed by atoms with Gasteiger partial charge >= 0.3 is 0 Å². The number of piperidine rings is 1. The van der Waals surface area contributed by atoms with Crippen LogP contribution < -0.4 is 10.9 Å². The van der Waals surface area contributed by atoms with Crippen molar-refractivity contribution in [2.75, 3.05) is 18.4 Å². The van der Waals surface area contributed by atoms with Gasteiger partial charge in [0, 0.05) is 30.4 Å². The van der Waals surface area contributed by atoms with Gasteiger partial charge < -0.3 is 5.32 Å². The van der Waals surface area contributed by atoms with E-state index in [4.69, 9.17) is 0 Å². The number of carbonyl (C=O) groups is 1. The van der Waals surface area contributed by atoms with Crippen molar-refractivity contribution in [2.45, 2.75) is 51.5 Å². The highest BCUT2D eigenvalue weighted by molar-refractivity contribution is 7.89. The Bertz CT molecular complexity index is 1420. The van der Waals surface area contributed by atoms with Gasteiger partial charge in [0.1, 0.15) is 6.54 Å². The molecule has 9 heteroatoms. The average Bonchev–Trinajstić information content (AvgIpc) is 2.83. The maximum Gasteiger partial charge on any atom is 0.267 e. The van der Waals surface area contributed by atoms with E-state index in [1.54, 1.807) is 31.2 Å². The number of nitrogens with one attached hydrogen (secondary N) is 1. The molecule has 1 aromatic heterocycles. The maximum atomic E-state index is 13.3. The summed E-state index contributed by atoms with van der Waals surface area (Å²) in [5.74, 6) is -0.378. The molecule has 1 aliphatic rings. The third-order valence-corrected chi connectivity index (χ3v) is 8.41. The first kappa shape index (κ1) is 24.8. The Hall–Kier alpha value is -3.30. The number of anilines is 1. The number of sulfonamides is 1. The van der Waals surface area contributed by atoms with Gasteiger partial charge in [-0.2, -0.15) is 9.40 Å². The van der Waals surface area contributed by atoms with E-state index in [2.05, 4.69) is 10.4 Å². The van der Waals surface area contributed by atoms with Gasteiger partial charge in [-0.15, -0.1) is 0 Å². The molecular weight excluding hydrogens is 464 g/mol. The number of hydrogen-bond donors (Lipinski definition) is 1. The summed E-state index contributed by atoms with van der Waals surface area (Å²) in [5, 5.41) is 7.15. The third kappa shape index (κ3) is 5.52. The molecule has 184 valence electrons. The van der Waals surface area contributed by atoms with Gasteiger partial charge in [-0.05, 0) is 74.6 Å². The van der Waals surface area contributed by atoms with Crippen molar-refractivity contribution in [2.24, 2.45) is 0 Å². The average molecular weight is 495 g/mol. The van der Waals surface area contributed by atoms with Crippen LogP contribution in [-0.2, 0) is 21.4 Å². The van der Waals surface area contributed by atoms with Crippen molar-refractivity contribution in [3.8, 4) is 11.3 Å². The predicted molar refractivity (Wildman–Crippen MR) is 136 cm³/mol. The van der Waals surface area contributed by atoms with Crippen LogP contribution in [0, 0.1) is 20.8 Å². The SMILES string of the molecule is Cc1ccc(NC(=O)Cn2nc(-c3ccc(C)c(S(=O)(=O)N4CCCCC4)c3)ccc2=O)cc1C. The second-order valence-electron chi connectivity index (χ2n) is 9.01. The summed E-state index contributed by atoms with van der Waals surface area (Å²) in [6.07, 6.45) is 2.75. The zero-order chi connectivity index (χ0) is 25.2. The molecule has 0 atom stereocenters. The quantitative estimate of drug-likeness (QED) is 0.564. The largest absolute Gasteiger partial charge is 0.324 e. The van der Waals surface area contributed by atoms with Crippen molar-refractivity contribution in [1.82, 2.24) is 14.1 Å². The Balaban J connectivity index is 1.59. The molecule has 1 saturated heterocycles. The number of rotatable bonds is 6. The third-order valence-electron chi connectivity index (χ3n) is 6.37. The number of carbonyl (C=O) groups excluding carboxylic acids is 1. The second kappa shape index (κ2) is 10.1. The molecule has 35 heavy (non-hydrogen) atoms. The minimum absolute atomic E-state index is 0.240. The lowest BCUT2D eigenvalue weighted by atomic mass is 10.1. The Morgan fingerprint density at radius 3 is 2.34 bits per heavy atom. The van der Waals surface area contributed by atoms with E-state index < -0.39 is 15.6 Å². The van der Waals surface area contributed by atoms with E-state index in [0.717, 1.165) is 35.1 Å². The molecule has 0 unspecified atom stereocenters. The molecule has 1 N–H and O–H groups in total. The Kier molecular flexibility index (Phi) is 7.18. The van der Waals surface area contributed by atoms with Crippen LogP contribution in [0.5, 0.6) is 0 Å². The van der Waals surface area contributed by atoms with Gasteiger partial charge in [0.25, 0.3) is 5.56 Å². The zero-order valence-corrected chi connectivity index (χ0v) is 21.1. The standard InChI is InChI=1S/C26H30N4O4S/c1-18-8-10-22(15-20(18)3)27-25(31)17-30-26(32)12-11-23(28-30)21-9-7-19(2)24(16-21)35(33,34)29-13-5-4-6-14-29/h7-12,15-16H,4-6,13-14,17H2,1-3H3,(H,27,31). The first-order valence-electron chi connectivity index (χ1n) is 11.7. The Labute approximate surface area is 205 Å². The summed E-state index contributed by atoms with van der Waals surface area (Å²) >= 11 is 0. The molecule has 4 rings (SSSR count). The van der Waals surface area contributed by atoms with Crippen LogP contribution in [0.3, 0.4) is 0 Å². The molecule has 0 spiro atoms. The van der Waals surface area contributed by atoms with Gasteiger partial charge in [0.2, 0.25) is 15.9 Å². The lowest BCUT2D eigenvalue weighted by Crippen LogP contribution is -2.36. The van der Waals surface area contributed by atoms with Crippen molar-refractivity contribution in [3.05, 3.63) is 75.6 Å². The van der Waals surface area contributed by atoms with E-state index in [0.29, 0.717) is 35.6 Å². The van der Waals surface area contributed by atoms with E-state index in [1.807, 2.05) is 32.0 Å². The van der Waals surface area contributed by atoms with Crippen LogP contribution in [0.15, 0.2) is 58.2 Å². The topological polar surface area (TPSA) is 101 Å². The summed E-state index contributed by atoms with van der Waals surface area (Å²) in [6.45, 7) is 6.50. The van der Waals surface area contributed by atoms with Crippen LogP contribution in [0.2, 0.25) is 0 Å². The van der Waals surface area contributed by atoms with Crippen LogP contribution in [0.25, 0.3) is 11.3 Å². The number of amides is 1. The summed E-state index contributed by atoms with van der Waals surface area (Å²) < 4.78 is 29.2. The van der Waals surface area contributed by atoms with E-state index in [9.17, 15) is 18.0 Å². The van der Waals surface area contributed by atoms with E-state index >= 15 is 0 Å². The van der Waals surface area contributed by atoms with Crippen LogP contribution in [-0.4, -0.2) is 41.5 Å². The van der Waals surface area contributed by atoms with Crippen LogP contribution in [0.1, 0.15) is 36.0 Å². The van der Waals surface area contributed by atoms with Crippen molar-refractivity contribution < 1.29 is 13.2 Å². The minimum Gasteiger partial charge on any atom is -0.324 e. The number of benzene rings is 2.